The van der Waals surface area contributed by atoms with E-state index in [1.807, 2.05) is 22.6 Å². The van der Waals surface area contributed by atoms with Crippen LogP contribution in [-0.4, -0.2) is 24.1 Å². The second kappa shape index (κ2) is 5.62. The molecule has 0 bridgehead atoms. The summed E-state index contributed by atoms with van der Waals surface area (Å²) in [5, 5.41) is 3.17. The van der Waals surface area contributed by atoms with E-state index in [9.17, 15) is 4.79 Å². The van der Waals surface area contributed by atoms with Crippen molar-refractivity contribution in [1.29, 1.82) is 0 Å². The Balaban J connectivity index is 2.80. The molecule has 0 aliphatic heterocycles. The first-order chi connectivity index (χ1) is 7.04. The van der Waals surface area contributed by atoms with Crippen molar-refractivity contribution in [3.05, 3.63) is 21.0 Å². The molecule has 1 aromatic rings. The van der Waals surface area contributed by atoms with E-state index in [4.69, 9.17) is 16.3 Å². The molecule has 0 saturated carbocycles. The number of carbonyl (C=O) groups is 1. The normalized spacial score (nSPS) is 12.3. The molecular weight excluding hydrogens is 330 g/mol. The maximum absolute atomic E-state index is 11.5. The minimum atomic E-state index is -0.500. The van der Waals surface area contributed by atoms with Gasteiger partial charge in [0.05, 0.1) is 10.7 Å². The molecule has 0 fully saturated rings. The van der Waals surface area contributed by atoms with Crippen LogP contribution < -0.4 is 5.32 Å². The highest BCUT2D eigenvalue weighted by atomic mass is 127. The fourth-order valence-corrected chi connectivity index (χ4v) is 1.44. The van der Waals surface area contributed by atoms with Crippen molar-refractivity contribution in [1.82, 2.24) is 4.98 Å². The molecule has 1 aromatic heterocycles. The first kappa shape index (κ1) is 12.7. The van der Waals surface area contributed by atoms with Crippen LogP contribution in [-0.2, 0) is 9.53 Å². The van der Waals surface area contributed by atoms with Crippen molar-refractivity contribution in [2.24, 2.45) is 0 Å². The SMILES string of the molecule is COC(C)C(=O)Nc1cc(Cl)cnc1I. The van der Waals surface area contributed by atoms with Crippen LogP contribution in [0.2, 0.25) is 5.02 Å². The number of halogens is 2. The summed E-state index contributed by atoms with van der Waals surface area (Å²) in [4.78, 5) is 15.5. The van der Waals surface area contributed by atoms with E-state index >= 15 is 0 Å². The fourth-order valence-electron chi connectivity index (χ4n) is 0.852. The van der Waals surface area contributed by atoms with Crippen LogP contribution in [0, 0.1) is 3.70 Å². The summed E-state index contributed by atoms with van der Waals surface area (Å²) in [5.74, 6) is -0.223. The quantitative estimate of drug-likeness (QED) is 0.678. The van der Waals surface area contributed by atoms with Gasteiger partial charge in [0.15, 0.2) is 0 Å². The zero-order valence-corrected chi connectivity index (χ0v) is 11.2. The fraction of sp³-hybridized carbons (Fsp3) is 0.333. The molecule has 0 aliphatic rings. The number of ether oxygens (including phenoxy) is 1. The van der Waals surface area contributed by atoms with Gasteiger partial charge >= 0.3 is 0 Å². The Morgan fingerprint density at radius 2 is 2.40 bits per heavy atom. The second-order valence-electron chi connectivity index (χ2n) is 2.86. The number of carbonyl (C=O) groups excluding carboxylic acids is 1. The molecule has 1 atom stereocenters. The van der Waals surface area contributed by atoms with Crippen LogP contribution in [0.25, 0.3) is 0 Å². The molecule has 4 nitrogen and oxygen atoms in total. The molecule has 0 spiro atoms. The van der Waals surface area contributed by atoms with E-state index in [-0.39, 0.29) is 5.91 Å². The summed E-state index contributed by atoms with van der Waals surface area (Å²) in [6.45, 7) is 1.67. The number of pyridine rings is 1. The molecule has 6 heteroatoms. The standard InChI is InChI=1S/C9H10ClIN2O2/c1-5(15-2)9(14)13-7-3-6(10)4-12-8(7)11/h3-5H,1-2H3,(H,13,14). The lowest BCUT2D eigenvalue weighted by Crippen LogP contribution is -2.27. The lowest BCUT2D eigenvalue weighted by molar-refractivity contribution is -0.124. The predicted octanol–water partition coefficient (Wildman–Crippen LogP) is 2.31. The highest BCUT2D eigenvalue weighted by molar-refractivity contribution is 14.1. The summed E-state index contributed by atoms with van der Waals surface area (Å²) in [6.07, 6.45) is 1.03. The molecule has 1 unspecified atom stereocenters. The number of methoxy groups -OCH3 is 1. The summed E-state index contributed by atoms with van der Waals surface area (Å²) >= 11 is 7.79. The van der Waals surface area contributed by atoms with E-state index in [1.54, 1.807) is 13.0 Å². The Morgan fingerprint density at radius 3 is 3.00 bits per heavy atom. The number of amides is 1. The molecule has 0 radical (unpaired) electrons. The number of nitrogens with zero attached hydrogens (tertiary/aromatic N) is 1. The van der Waals surface area contributed by atoms with Crippen LogP contribution in [0.4, 0.5) is 5.69 Å². The molecule has 82 valence electrons. The van der Waals surface area contributed by atoms with E-state index in [1.165, 1.54) is 13.3 Å². The summed E-state index contributed by atoms with van der Waals surface area (Å²) in [6, 6.07) is 1.65. The van der Waals surface area contributed by atoms with E-state index in [2.05, 4.69) is 10.3 Å². The number of rotatable bonds is 3. The Bertz CT molecular complexity index is 373. The van der Waals surface area contributed by atoms with Gasteiger partial charge in [-0.15, -0.1) is 0 Å². The molecule has 0 aliphatic carbocycles. The second-order valence-corrected chi connectivity index (χ2v) is 4.32. The zero-order valence-electron chi connectivity index (χ0n) is 8.25. The van der Waals surface area contributed by atoms with Gasteiger partial charge in [0.2, 0.25) is 0 Å². The van der Waals surface area contributed by atoms with Gasteiger partial charge in [-0.25, -0.2) is 4.98 Å². The molecule has 0 aromatic carbocycles. The number of nitrogens with one attached hydrogen (secondary N) is 1. The third-order valence-electron chi connectivity index (χ3n) is 1.79. The van der Waals surface area contributed by atoms with Crippen molar-refractivity contribution < 1.29 is 9.53 Å². The van der Waals surface area contributed by atoms with Gasteiger partial charge in [0, 0.05) is 13.3 Å². The van der Waals surface area contributed by atoms with Gasteiger partial charge in [-0.3, -0.25) is 4.79 Å². The Kier molecular flexibility index (Phi) is 4.75. The first-order valence-electron chi connectivity index (χ1n) is 4.19. The van der Waals surface area contributed by atoms with Crippen molar-refractivity contribution >= 4 is 45.8 Å². The third kappa shape index (κ3) is 3.58. The van der Waals surface area contributed by atoms with Gasteiger partial charge in [0.1, 0.15) is 9.80 Å². The summed E-state index contributed by atoms with van der Waals surface area (Å²) in [5.41, 5.74) is 0.594. The Morgan fingerprint density at radius 1 is 1.73 bits per heavy atom. The Hall–Kier alpha value is -0.400. The maximum Gasteiger partial charge on any atom is 0.253 e. The van der Waals surface area contributed by atoms with Crippen molar-refractivity contribution in [3.63, 3.8) is 0 Å². The van der Waals surface area contributed by atoms with Gasteiger partial charge in [-0.05, 0) is 35.6 Å². The highest BCUT2D eigenvalue weighted by Crippen LogP contribution is 2.20. The summed E-state index contributed by atoms with van der Waals surface area (Å²) in [7, 11) is 1.48. The topological polar surface area (TPSA) is 51.2 Å². The van der Waals surface area contributed by atoms with Crippen LogP contribution >= 0.6 is 34.2 Å². The summed E-state index contributed by atoms with van der Waals surface area (Å²) < 4.78 is 5.57. The van der Waals surface area contributed by atoms with Crippen LogP contribution in [0.5, 0.6) is 0 Å². The maximum atomic E-state index is 11.5. The first-order valence-corrected chi connectivity index (χ1v) is 5.65. The molecule has 1 N–H and O–H groups in total. The van der Waals surface area contributed by atoms with Crippen LogP contribution in [0.3, 0.4) is 0 Å². The molecule has 0 saturated heterocycles. The van der Waals surface area contributed by atoms with Crippen LogP contribution in [0.1, 0.15) is 6.92 Å². The lowest BCUT2D eigenvalue weighted by atomic mass is 10.3. The van der Waals surface area contributed by atoms with Crippen LogP contribution in [0.15, 0.2) is 12.3 Å². The smallest absolute Gasteiger partial charge is 0.253 e. The predicted molar refractivity (Wildman–Crippen MR) is 67.1 cm³/mol. The van der Waals surface area contributed by atoms with Gasteiger partial charge in [-0.2, -0.15) is 0 Å². The molecule has 1 rings (SSSR count). The number of aromatic nitrogens is 1. The molecule has 1 amide bonds. The highest BCUT2D eigenvalue weighted by Gasteiger charge is 2.13. The van der Waals surface area contributed by atoms with Gasteiger partial charge < -0.3 is 10.1 Å². The molecular formula is C9H10ClIN2O2. The molecule has 15 heavy (non-hydrogen) atoms. The van der Waals surface area contributed by atoms with E-state index in [0.29, 0.717) is 14.4 Å². The monoisotopic (exact) mass is 340 g/mol. The van der Waals surface area contributed by atoms with E-state index in [0.717, 1.165) is 0 Å². The van der Waals surface area contributed by atoms with Gasteiger partial charge in [0.25, 0.3) is 5.91 Å². The average Bonchev–Trinajstić information content (AvgIpc) is 2.22. The van der Waals surface area contributed by atoms with Crippen molar-refractivity contribution in [2.75, 3.05) is 12.4 Å². The number of hydrogen-bond acceptors (Lipinski definition) is 3. The molecule has 1 heterocycles. The largest absolute Gasteiger partial charge is 0.372 e. The number of hydrogen-bond donors (Lipinski definition) is 1. The minimum Gasteiger partial charge on any atom is -0.372 e. The van der Waals surface area contributed by atoms with Crippen molar-refractivity contribution in [2.45, 2.75) is 13.0 Å². The minimum absolute atomic E-state index is 0.223. The lowest BCUT2D eigenvalue weighted by Gasteiger charge is -2.11. The number of anilines is 1. The van der Waals surface area contributed by atoms with E-state index < -0.39 is 6.10 Å². The zero-order chi connectivity index (χ0) is 11.4. The third-order valence-corrected chi connectivity index (χ3v) is 2.85. The van der Waals surface area contributed by atoms with Crippen molar-refractivity contribution in [3.8, 4) is 0 Å². The average molecular weight is 341 g/mol. The Labute approximate surface area is 107 Å². The van der Waals surface area contributed by atoms with Gasteiger partial charge in [-0.1, -0.05) is 11.6 Å².